The predicted molar refractivity (Wildman–Crippen MR) is 68.9 cm³/mol. The number of nitrogens with one attached hydrogen (secondary N) is 2. The molecule has 0 spiro atoms. The fourth-order valence-corrected chi connectivity index (χ4v) is 1.67. The van der Waals surface area contributed by atoms with Crippen LogP contribution in [-0.2, 0) is 6.54 Å². The first-order valence-electron chi connectivity index (χ1n) is 6.28. The summed E-state index contributed by atoms with van der Waals surface area (Å²) in [5.74, 6) is 0.00158. The molecule has 2 rings (SSSR count). The lowest BCUT2D eigenvalue weighted by molar-refractivity contribution is 0.0943. The van der Waals surface area contributed by atoms with Crippen LogP contribution in [0.5, 0.6) is 0 Å². The molecule has 0 aromatic heterocycles. The molecule has 1 aliphatic rings. The second-order valence-corrected chi connectivity index (χ2v) is 4.98. The standard InChI is InChI=1S/C14H20N2O/c1-10(2)16-14(17)12-5-3-11(4-6-12)9-15-13-7-8-13/h3-6,10,13,15H,7-9H2,1-2H3,(H,16,17). The highest BCUT2D eigenvalue weighted by Crippen LogP contribution is 2.19. The second-order valence-electron chi connectivity index (χ2n) is 4.98. The Morgan fingerprint density at radius 1 is 1.29 bits per heavy atom. The van der Waals surface area contributed by atoms with Gasteiger partial charge in [0.15, 0.2) is 0 Å². The second kappa shape index (κ2) is 5.32. The van der Waals surface area contributed by atoms with Gasteiger partial charge in [0.1, 0.15) is 0 Å². The van der Waals surface area contributed by atoms with Crippen LogP contribution in [0.4, 0.5) is 0 Å². The first kappa shape index (κ1) is 12.1. The molecule has 0 saturated heterocycles. The van der Waals surface area contributed by atoms with Gasteiger partial charge in [-0.2, -0.15) is 0 Å². The monoisotopic (exact) mass is 232 g/mol. The van der Waals surface area contributed by atoms with Crippen LogP contribution in [0.15, 0.2) is 24.3 Å². The highest BCUT2D eigenvalue weighted by atomic mass is 16.1. The number of carbonyl (C=O) groups excluding carboxylic acids is 1. The largest absolute Gasteiger partial charge is 0.350 e. The average molecular weight is 232 g/mol. The van der Waals surface area contributed by atoms with E-state index in [1.165, 1.54) is 18.4 Å². The van der Waals surface area contributed by atoms with Crippen molar-refractivity contribution in [3.63, 3.8) is 0 Å². The number of rotatable bonds is 5. The van der Waals surface area contributed by atoms with Crippen molar-refractivity contribution < 1.29 is 4.79 Å². The quantitative estimate of drug-likeness (QED) is 0.816. The Hall–Kier alpha value is -1.35. The third-order valence-corrected chi connectivity index (χ3v) is 2.81. The summed E-state index contributed by atoms with van der Waals surface area (Å²) >= 11 is 0. The molecule has 3 nitrogen and oxygen atoms in total. The molecule has 1 saturated carbocycles. The maximum atomic E-state index is 11.7. The fourth-order valence-electron chi connectivity index (χ4n) is 1.67. The zero-order valence-electron chi connectivity index (χ0n) is 10.5. The zero-order chi connectivity index (χ0) is 12.3. The summed E-state index contributed by atoms with van der Waals surface area (Å²) in [6.07, 6.45) is 2.60. The molecule has 0 radical (unpaired) electrons. The van der Waals surface area contributed by atoms with Crippen molar-refractivity contribution in [1.82, 2.24) is 10.6 Å². The van der Waals surface area contributed by atoms with Crippen molar-refractivity contribution >= 4 is 5.91 Å². The number of benzene rings is 1. The van der Waals surface area contributed by atoms with E-state index in [9.17, 15) is 4.79 Å². The summed E-state index contributed by atoms with van der Waals surface area (Å²) in [6.45, 7) is 4.83. The van der Waals surface area contributed by atoms with Crippen LogP contribution in [0.2, 0.25) is 0 Å². The molecule has 1 fully saturated rings. The van der Waals surface area contributed by atoms with Gasteiger partial charge in [-0.25, -0.2) is 0 Å². The van der Waals surface area contributed by atoms with Crippen molar-refractivity contribution in [3.8, 4) is 0 Å². The molecule has 2 N–H and O–H groups in total. The van der Waals surface area contributed by atoms with Gasteiger partial charge in [-0.1, -0.05) is 12.1 Å². The summed E-state index contributed by atoms with van der Waals surface area (Å²) in [6, 6.07) is 8.72. The smallest absolute Gasteiger partial charge is 0.251 e. The van der Waals surface area contributed by atoms with Gasteiger partial charge in [-0.3, -0.25) is 4.79 Å². The molecule has 0 heterocycles. The van der Waals surface area contributed by atoms with Crippen LogP contribution in [0.3, 0.4) is 0 Å². The number of amides is 1. The van der Waals surface area contributed by atoms with E-state index >= 15 is 0 Å². The van der Waals surface area contributed by atoms with E-state index in [1.807, 2.05) is 38.1 Å². The van der Waals surface area contributed by atoms with Crippen molar-refractivity contribution in [1.29, 1.82) is 0 Å². The van der Waals surface area contributed by atoms with E-state index in [1.54, 1.807) is 0 Å². The maximum absolute atomic E-state index is 11.7. The third-order valence-electron chi connectivity index (χ3n) is 2.81. The van der Waals surface area contributed by atoms with Crippen LogP contribution in [0, 0.1) is 0 Å². The van der Waals surface area contributed by atoms with Crippen LogP contribution in [0.25, 0.3) is 0 Å². The molecule has 1 aliphatic carbocycles. The van der Waals surface area contributed by atoms with Crippen LogP contribution in [0.1, 0.15) is 42.6 Å². The highest BCUT2D eigenvalue weighted by molar-refractivity contribution is 5.94. The molecule has 1 amide bonds. The molecule has 17 heavy (non-hydrogen) atoms. The van der Waals surface area contributed by atoms with Gasteiger partial charge in [-0.05, 0) is 44.4 Å². The third kappa shape index (κ3) is 3.86. The Morgan fingerprint density at radius 3 is 2.47 bits per heavy atom. The normalized spacial score (nSPS) is 15.0. The number of carbonyl (C=O) groups is 1. The van der Waals surface area contributed by atoms with E-state index in [0.717, 1.165) is 18.2 Å². The van der Waals surface area contributed by atoms with E-state index in [-0.39, 0.29) is 11.9 Å². The Labute approximate surface area is 103 Å². The molecule has 0 atom stereocenters. The lowest BCUT2D eigenvalue weighted by Gasteiger charge is -2.09. The average Bonchev–Trinajstić information content (AvgIpc) is 3.10. The highest BCUT2D eigenvalue weighted by Gasteiger charge is 2.19. The van der Waals surface area contributed by atoms with E-state index in [4.69, 9.17) is 0 Å². The molecular weight excluding hydrogens is 212 g/mol. The molecule has 0 bridgehead atoms. The van der Waals surface area contributed by atoms with Crippen molar-refractivity contribution in [2.75, 3.05) is 0 Å². The Kier molecular flexibility index (Phi) is 3.79. The first-order chi connectivity index (χ1) is 8.15. The summed E-state index contributed by atoms with van der Waals surface area (Å²) in [5.41, 5.74) is 1.96. The molecule has 1 aromatic rings. The van der Waals surface area contributed by atoms with Crippen molar-refractivity contribution in [2.24, 2.45) is 0 Å². The number of hydrogen-bond donors (Lipinski definition) is 2. The SMILES string of the molecule is CC(C)NC(=O)c1ccc(CNC2CC2)cc1. The van der Waals surface area contributed by atoms with Gasteiger partial charge in [-0.15, -0.1) is 0 Å². The first-order valence-corrected chi connectivity index (χ1v) is 6.28. The predicted octanol–water partition coefficient (Wildman–Crippen LogP) is 2.08. The number of hydrogen-bond acceptors (Lipinski definition) is 2. The van der Waals surface area contributed by atoms with Crippen LogP contribution < -0.4 is 10.6 Å². The lowest BCUT2D eigenvalue weighted by atomic mass is 10.1. The Bertz CT molecular complexity index is 380. The minimum absolute atomic E-state index is 0.00158. The zero-order valence-corrected chi connectivity index (χ0v) is 10.5. The van der Waals surface area contributed by atoms with Gasteiger partial charge >= 0.3 is 0 Å². The summed E-state index contributed by atoms with van der Waals surface area (Å²) in [5, 5.41) is 6.34. The molecule has 3 heteroatoms. The Morgan fingerprint density at radius 2 is 1.94 bits per heavy atom. The minimum Gasteiger partial charge on any atom is -0.350 e. The maximum Gasteiger partial charge on any atom is 0.251 e. The topological polar surface area (TPSA) is 41.1 Å². The molecule has 92 valence electrons. The molecule has 0 unspecified atom stereocenters. The fraction of sp³-hybridized carbons (Fsp3) is 0.500. The van der Waals surface area contributed by atoms with Crippen molar-refractivity contribution in [2.45, 2.75) is 45.3 Å². The van der Waals surface area contributed by atoms with E-state index in [0.29, 0.717) is 0 Å². The van der Waals surface area contributed by atoms with Crippen LogP contribution >= 0.6 is 0 Å². The summed E-state index contributed by atoms with van der Waals surface area (Å²) in [7, 11) is 0. The summed E-state index contributed by atoms with van der Waals surface area (Å²) < 4.78 is 0. The van der Waals surface area contributed by atoms with Gasteiger partial charge in [0, 0.05) is 24.2 Å². The molecular formula is C14H20N2O. The molecule has 1 aromatic carbocycles. The van der Waals surface area contributed by atoms with Crippen LogP contribution in [-0.4, -0.2) is 18.0 Å². The van der Waals surface area contributed by atoms with E-state index in [2.05, 4.69) is 10.6 Å². The van der Waals surface area contributed by atoms with Gasteiger partial charge < -0.3 is 10.6 Å². The lowest BCUT2D eigenvalue weighted by Crippen LogP contribution is -2.30. The van der Waals surface area contributed by atoms with Gasteiger partial charge in [0.25, 0.3) is 5.91 Å². The van der Waals surface area contributed by atoms with Gasteiger partial charge in [0.05, 0.1) is 0 Å². The molecule has 0 aliphatic heterocycles. The van der Waals surface area contributed by atoms with E-state index < -0.39 is 0 Å². The van der Waals surface area contributed by atoms with Gasteiger partial charge in [0.2, 0.25) is 0 Å². The summed E-state index contributed by atoms with van der Waals surface area (Å²) in [4.78, 5) is 11.7. The van der Waals surface area contributed by atoms with Crippen molar-refractivity contribution in [3.05, 3.63) is 35.4 Å². The Balaban J connectivity index is 1.89. The minimum atomic E-state index is 0.00158.